The van der Waals surface area contributed by atoms with Crippen LogP contribution in [0.1, 0.15) is 34.6 Å². The third kappa shape index (κ3) is 6.34. The summed E-state index contributed by atoms with van der Waals surface area (Å²) >= 11 is 0. The van der Waals surface area contributed by atoms with Crippen molar-refractivity contribution >= 4 is 18.3 Å². The molecule has 0 aliphatic carbocycles. The Balaban J connectivity index is 2.22. The highest BCUT2D eigenvalue weighted by atomic mass is 15.1. The quantitative estimate of drug-likeness (QED) is 0.351. The number of nitrogens with zero attached hydrogens (tertiary/aromatic N) is 2. The van der Waals surface area contributed by atoms with Crippen LogP contribution in [0.2, 0.25) is 0 Å². The summed E-state index contributed by atoms with van der Waals surface area (Å²) < 4.78 is 0. The number of amidine groups is 1. The van der Waals surface area contributed by atoms with Gasteiger partial charge in [-0.1, -0.05) is 13.8 Å². The molecule has 0 radical (unpaired) electrons. The second-order valence-corrected chi connectivity index (χ2v) is 8.09. The summed E-state index contributed by atoms with van der Waals surface area (Å²) in [5, 5.41) is 14.0. The van der Waals surface area contributed by atoms with E-state index >= 15 is 0 Å². The van der Waals surface area contributed by atoms with Crippen LogP contribution in [0.5, 0.6) is 0 Å². The summed E-state index contributed by atoms with van der Waals surface area (Å²) in [5.74, 6) is 1.16. The maximum absolute atomic E-state index is 7.48. The predicted molar refractivity (Wildman–Crippen MR) is 122 cm³/mol. The van der Waals surface area contributed by atoms with E-state index in [1.807, 2.05) is 59.0 Å². The highest BCUT2D eigenvalue weighted by Gasteiger charge is 2.17. The lowest BCUT2D eigenvalue weighted by Crippen LogP contribution is -2.27. The Hall–Kier alpha value is -3.35. The summed E-state index contributed by atoms with van der Waals surface area (Å²) in [6.45, 7) is 10.1. The Bertz CT molecular complexity index is 898. The second kappa shape index (κ2) is 9.23. The summed E-state index contributed by atoms with van der Waals surface area (Å²) in [4.78, 5) is 8.95. The molecule has 2 rings (SSSR count). The van der Waals surface area contributed by atoms with Crippen LogP contribution in [0.4, 0.5) is 0 Å². The van der Waals surface area contributed by atoms with Gasteiger partial charge in [-0.25, -0.2) is 4.99 Å². The highest BCUT2D eigenvalue weighted by Crippen LogP contribution is 2.23. The summed E-state index contributed by atoms with van der Waals surface area (Å²) in [6.07, 6.45) is 14.0. The van der Waals surface area contributed by atoms with Crippen LogP contribution < -0.4 is 22.1 Å². The normalized spacial score (nSPS) is 18.3. The van der Waals surface area contributed by atoms with E-state index in [2.05, 4.69) is 20.6 Å². The van der Waals surface area contributed by atoms with Gasteiger partial charge in [0.2, 0.25) is 0 Å². The maximum Gasteiger partial charge on any atom is 0.132 e. The van der Waals surface area contributed by atoms with Crippen molar-refractivity contribution in [2.45, 2.75) is 40.2 Å². The lowest BCUT2D eigenvalue weighted by atomic mass is 10.0. The van der Waals surface area contributed by atoms with Crippen molar-refractivity contribution in [3.8, 4) is 0 Å². The minimum absolute atomic E-state index is 0.181. The molecule has 0 fully saturated rings. The third-order valence-corrected chi connectivity index (χ3v) is 4.15. The summed E-state index contributed by atoms with van der Waals surface area (Å²) in [7, 11) is 0. The molecule has 154 valence electrons. The second-order valence-electron chi connectivity index (χ2n) is 8.09. The average Bonchev–Trinajstić information content (AvgIpc) is 2.65. The molecule has 0 aromatic rings. The molecule has 0 saturated heterocycles. The number of nitrogens with one attached hydrogen (secondary N) is 3. The molecule has 0 amide bonds. The largest absolute Gasteiger partial charge is 0.404 e. The third-order valence-electron chi connectivity index (χ3n) is 4.15. The Morgan fingerprint density at radius 1 is 1.21 bits per heavy atom. The fourth-order valence-corrected chi connectivity index (χ4v) is 2.52. The number of hydrogen-bond acceptors (Lipinski definition) is 6. The molecule has 29 heavy (non-hydrogen) atoms. The number of fused-ring (bicyclic) bond motifs is 1. The topological polar surface area (TPSA) is 125 Å². The van der Waals surface area contributed by atoms with Crippen LogP contribution in [0.3, 0.4) is 0 Å². The SMILES string of the molecule is CC(C)C(C=N)=CC(N)=NC1=CC=C2NC=C(C(C=NC(C)(C)C)=CN)C=C2N1. The molecular formula is C22H31N7. The zero-order valence-electron chi connectivity index (χ0n) is 17.7. The number of rotatable bonds is 6. The molecule has 7 N–H and O–H groups in total. The van der Waals surface area contributed by atoms with E-state index in [9.17, 15) is 0 Å². The van der Waals surface area contributed by atoms with Crippen molar-refractivity contribution in [3.63, 3.8) is 0 Å². The van der Waals surface area contributed by atoms with Gasteiger partial charge >= 0.3 is 0 Å². The molecule has 7 nitrogen and oxygen atoms in total. The van der Waals surface area contributed by atoms with Gasteiger partial charge in [-0.3, -0.25) is 4.99 Å². The Kier molecular flexibility index (Phi) is 6.98. The molecular weight excluding hydrogens is 362 g/mol. The lowest BCUT2D eigenvalue weighted by Gasteiger charge is -2.23. The molecule has 0 aromatic carbocycles. The van der Waals surface area contributed by atoms with E-state index < -0.39 is 0 Å². The van der Waals surface area contributed by atoms with Crippen LogP contribution in [-0.2, 0) is 0 Å². The van der Waals surface area contributed by atoms with Crippen molar-refractivity contribution in [2.24, 2.45) is 27.4 Å². The zero-order valence-corrected chi connectivity index (χ0v) is 17.7. The number of allylic oxidation sites excluding steroid dienone is 6. The minimum Gasteiger partial charge on any atom is -0.404 e. The van der Waals surface area contributed by atoms with Crippen LogP contribution >= 0.6 is 0 Å². The smallest absolute Gasteiger partial charge is 0.132 e. The number of nitrogens with two attached hydrogens (primary N) is 2. The van der Waals surface area contributed by atoms with Crippen molar-refractivity contribution in [3.05, 3.63) is 70.6 Å². The predicted octanol–water partition coefficient (Wildman–Crippen LogP) is 2.99. The van der Waals surface area contributed by atoms with E-state index in [1.54, 1.807) is 18.5 Å². The summed E-state index contributed by atoms with van der Waals surface area (Å²) in [5.41, 5.74) is 16.0. The first kappa shape index (κ1) is 21.9. The monoisotopic (exact) mass is 393 g/mol. The zero-order chi connectivity index (χ0) is 21.6. The van der Waals surface area contributed by atoms with Crippen LogP contribution in [0, 0.1) is 11.3 Å². The average molecular weight is 394 g/mol. The highest BCUT2D eigenvalue weighted by molar-refractivity contribution is 5.97. The molecule has 2 heterocycles. The molecule has 2 aliphatic rings. The Morgan fingerprint density at radius 2 is 1.93 bits per heavy atom. The van der Waals surface area contributed by atoms with E-state index in [0.717, 1.165) is 28.1 Å². The van der Waals surface area contributed by atoms with Crippen LogP contribution in [-0.4, -0.2) is 23.8 Å². The molecule has 0 atom stereocenters. The van der Waals surface area contributed by atoms with E-state index in [1.165, 1.54) is 6.21 Å². The van der Waals surface area contributed by atoms with E-state index in [0.29, 0.717) is 11.7 Å². The first-order chi connectivity index (χ1) is 13.6. The van der Waals surface area contributed by atoms with Crippen molar-refractivity contribution in [1.29, 1.82) is 5.41 Å². The Morgan fingerprint density at radius 3 is 2.52 bits per heavy atom. The standard InChI is InChI=1S/C22H31N7/c1-14(2)15(10-23)9-20(25)29-21-7-6-18-19(28-21)8-16(12-26-18)17(11-24)13-27-22(3,4)5/h6-14,23,26,28H,24H2,1-5H3,(H2,25,29). The minimum atomic E-state index is -0.181. The molecule has 0 aromatic heterocycles. The van der Waals surface area contributed by atoms with Crippen molar-refractivity contribution < 1.29 is 0 Å². The van der Waals surface area contributed by atoms with Gasteiger partial charge in [-0.15, -0.1) is 0 Å². The number of dihydropyridines is 2. The lowest BCUT2D eigenvalue weighted by molar-refractivity contribution is 0.586. The van der Waals surface area contributed by atoms with Crippen molar-refractivity contribution in [1.82, 2.24) is 10.6 Å². The molecule has 0 spiro atoms. The number of hydrogen-bond donors (Lipinski definition) is 5. The fraction of sp³-hybridized carbons (Fsp3) is 0.318. The maximum atomic E-state index is 7.48. The van der Waals surface area contributed by atoms with Crippen molar-refractivity contribution in [2.75, 3.05) is 0 Å². The molecule has 0 unspecified atom stereocenters. The molecule has 7 heteroatoms. The first-order valence-electron chi connectivity index (χ1n) is 9.54. The van der Waals surface area contributed by atoms with Gasteiger partial charge in [0.15, 0.2) is 0 Å². The van der Waals surface area contributed by atoms with Gasteiger partial charge in [-0.05, 0) is 56.6 Å². The Labute approximate surface area is 173 Å². The van der Waals surface area contributed by atoms with E-state index in [-0.39, 0.29) is 11.5 Å². The first-order valence-corrected chi connectivity index (χ1v) is 9.54. The number of aliphatic imine (C=N–C) groups is 2. The van der Waals surface area contributed by atoms with Crippen LogP contribution in [0.25, 0.3) is 0 Å². The van der Waals surface area contributed by atoms with E-state index in [4.69, 9.17) is 16.9 Å². The molecule has 2 aliphatic heterocycles. The van der Waals surface area contributed by atoms with Gasteiger partial charge < -0.3 is 27.5 Å². The van der Waals surface area contributed by atoms with Gasteiger partial charge in [0.05, 0.1) is 16.9 Å². The summed E-state index contributed by atoms with van der Waals surface area (Å²) in [6, 6.07) is 0. The molecule has 0 bridgehead atoms. The molecule has 0 saturated carbocycles. The fourth-order valence-electron chi connectivity index (χ4n) is 2.52. The van der Waals surface area contributed by atoms with Crippen LogP contribution in [0.15, 0.2) is 80.6 Å². The van der Waals surface area contributed by atoms with Gasteiger partial charge in [0.25, 0.3) is 0 Å². The van der Waals surface area contributed by atoms with Gasteiger partial charge in [0, 0.05) is 36.0 Å². The van der Waals surface area contributed by atoms with Gasteiger partial charge in [-0.2, -0.15) is 0 Å². The van der Waals surface area contributed by atoms with Gasteiger partial charge in [0.1, 0.15) is 11.7 Å².